The molecule has 1 unspecified atom stereocenters. The molecule has 166 valence electrons. The molecule has 0 saturated heterocycles. The van der Waals surface area contributed by atoms with E-state index in [1.807, 2.05) is 6.07 Å². The maximum Gasteiger partial charge on any atom is 0.417 e. The van der Waals surface area contributed by atoms with E-state index in [9.17, 15) is 13.2 Å². The largest absolute Gasteiger partial charge is 0.438 e. The Morgan fingerprint density at radius 1 is 1.00 bits per heavy atom. The van der Waals surface area contributed by atoms with Crippen LogP contribution in [0.25, 0.3) is 11.1 Å². The smallest absolute Gasteiger partial charge is 0.417 e. The van der Waals surface area contributed by atoms with Crippen LogP contribution in [-0.4, -0.2) is 9.66 Å². The van der Waals surface area contributed by atoms with Crippen molar-refractivity contribution in [1.82, 2.24) is 9.66 Å². The number of nitrogens with one attached hydrogen (secondary N) is 1. The van der Waals surface area contributed by atoms with Crippen LogP contribution in [0.3, 0.4) is 0 Å². The van der Waals surface area contributed by atoms with Gasteiger partial charge in [-0.05, 0) is 41.0 Å². The molecular weight excluding hydrogens is 431 g/mol. The molecular formula is C24H18F3N5O. The number of hydrogen-bond acceptors (Lipinski definition) is 5. The molecule has 1 aromatic heterocycles. The lowest BCUT2D eigenvalue weighted by molar-refractivity contribution is -0.137. The zero-order valence-corrected chi connectivity index (χ0v) is 17.1. The third-order valence-electron chi connectivity index (χ3n) is 5.65. The number of rotatable bonds is 2. The lowest BCUT2D eigenvalue weighted by Crippen LogP contribution is -2.33. The fourth-order valence-electron chi connectivity index (χ4n) is 4.18. The highest BCUT2D eigenvalue weighted by Crippen LogP contribution is 2.47. The number of alkyl halides is 3. The fraction of sp³-hybridized carbons (Fsp3) is 0.0833. The molecule has 1 aliphatic heterocycles. The first kappa shape index (κ1) is 20.6. The van der Waals surface area contributed by atoms with Crippen LogP contribution in [0.1, 0.15) is 28.2 Å². The molecule has 0 amide bonds. The third-order valence-corrected chi connectivity index (χ3v) is 5.65. The van der Waals surface area contributed by atoms with E-state index < -0.39 is 17.7 Å². The molecule has 9 heteroatoms. The molecule has 0 radical (unpaired) electrons. The summed E-state index contributed by atoms with van der Waals surface area (Å²) >= 11 is 0. The molecule has 1 atom stereocenters. The Kier molecular flexibility index (Phi) is 4.63. The zero-order valence-electron chi connectivity index (χ0n) is 17.1. The fourth-order valence-corrected chi connectivity index (χ4v) is 4.18. The van der Waals surface area contributed by atoms with Gasteiger partial charge in [-0.1, -0.05) is 42.5 Å². The summed E-state index contributed by atoms with van der Waals surface area (Å²) in [7, 11) is 0. The van der Waals surface area contributed by atoms with E-state index in [1.165, 1.54) is 18.5 Å². The van der Waals surface area contributed by atoms with Crippen LogP contribution >= 0.6 is 0 Å². The van der Waals surface area contributed by atoms with E-state index in [-0.39, 0.29) is 16.9 Å². The number of ether oxygens (including phenoxy) is 1. The summed E-state index contributed by atoms with van der Waals surface area (Å²) in [5.41, 5.74) is 8.11. The molecule has 0 spiro atoms. The summed E-state index contributed by atoms with van der Waals surface area (Å²) in [4.78, 5) is 4.22. The van der Waals surface area contributed by atoms with Gasteiger partial charge in [-0.2, -0.15) is 13.2 Å². The van der Waals surface area contributed by atoms with Crippen molar-refractivity contribution in [2.75, 3.05) is 11.6 Å². The van der Waals surface area contributed by atoms with Gasteiger partial charge in [-0.3, -0.25) is 5.41 Å². The minimum Gasteiger partial charge on any atom is -0.438 e. The van der Waals surface area contributed by atoms with E-state index in [4.69, 9.17) is 21.7 Å². The highest BCUT2D eigenvalue weighted by atomic mass is 19.4. The van der Waals surface area contributed by atoms with Crippen molar-refractivity contribution in [2.45, 2.75) is 12.1 Å². The van der Waals surface area contributed by atoms with E-state index in [0.29, 0.717) is 28.1 Å². The Bertz CT molecular complexity index is 1440. The molecule has 0 bridgehead atoms. The molecule has 0 fully saturated rings. The van der Waals surface area contributed by atoms with Crippen LogP contribution in [0.15, 0.2) is 73.1 Å². The van der Waals surface area contributed by atoms with Crippen molar-refractivity contribution in [3.8, 4) is 22.8 Å². The van der Waals surface area contributed by atoms with Gasteiger partial charge in [-0.15, -0.1) is 0 Å². The third kappa shape index (κ3) is 3.47. The lowest BCUT2D eigenvalue weighted by Gasteiger charge is -2.28. The van der Waals surface area contributed by atoms with Crippen LogP contribution in [0.4, 0.5) is 18.9 Å². The number of fused-ring (bicyclic) bond motifs is 2. The van der Waals surface area contributed by atoms with Crippen molar-refractivity contribution >= 4 is 5.69 Å². The molecule has 2 heterocycles. The number of nitrogens with two attached hydrogens (primary N) is 2. The first-order valence-corrected chi connectivity index (χ1v) is 9.99. The van der Waals surface area contributed by atoms with Crippen LogP contribution in [-0.2, 0) is 6.18 Å². The molecule has 3 aromatic carbocycles. The molecule has 6 nitrogen and oxygen atoms in total. The number of aromatic nitrogens is 2. The number of hydrogen-bond donors (Lipinski definition) is 3. The average molecular weight is 449 g/mol. The second-order valence-electron chi connectivity index (χ2n) is 7.72. The Labute approximate surface area is 186 Å². The van der Waals surface area contributed by atoms with Crippen LogP contribution in [0, 0.1) is 5.41 Å². The van der Waals surface area contributed by atoms with Crippen LogP contribution in [0.2, 0.25) is 0 Å². The number of benzene rings is 3. The summed E-state index contributed by atoms with van der Waals surface area (Å²) < 4.78 is 47.8. The van der Waals surface area contributed by atoms with Crippen molar-refractivity contribution in [2.24, 2.45) is 0 Å². The second-order valence-corrected chi connectivity index (χ2v) is 7.72. The van der Waals surface area contributed by atoms with Crippen molar-refractivity contribution in [3.05, 3.63) is 101 Å². The minimum absolute atomic E-state index is 0.00423. The van der Waals surface area contributed by atoms with Gasteiger partial charge in [0.05, 0.1) is 11.1 Å². The van der Waals surface area contributed by atoms with Gasteiger partial charge >= 0.3 is 6.18 Å². The Morgan fingerprint density at radius 2 is 1.79 bits per heavy atom. The summed E-state index contributed by atoms with van der Waals surface area (Å²) in [5, 5.41) is 8.48. The maximum absolute atomic E-state index is 13.6. The molecule has 5 N–H and O–H groups in total. The second kappa shape index (κ2) is 7.40. The minimum atomic E-state index is -4.50. The van der Waals surface area contributed by atoms with Gasteiger partial charge in [0.1, 0.15) is 12.1 Å². The lowest BCUT2D eigenvalue weighted by atomic mass is 9.83. The van der Waals surface area contributed by atoms with Gasteiger partial charge in [0.25, 0.3) is 0 Å². The standard InChI is InChI=1S/C24H18F3N5O/c25-24(26,27)18-7-2-1-6-16(18)13-8-9-17-19(11-13)33-23-21(22(29)32(30)12-31-23)20(17)14-4-3-5-15(28)10-14/h1-12,20,29H,28,30H2. The predicted octanol–water partition coefficient (Wildman–Crippen LogP) is 4.63. The van der Waals surface area contributed by atoms with Gasteiger partial charge in [0.15, 0.2) is 5.49 Å². The van der Waals surface area contributed by atoms with Gasteiger partial charge in [0.2, 0.25) is 5.88 Å². The molecule has 0 saturated carbocycles. The molecule has 5 rings (SSSR count). The highest BCUT2D eigenvalue weighted by molar-refractivity contribution is 5.72. The first-order valence-electron chi connectivity index (χ1n) is 9.99. The molecule has 1 aliphatic rings. The van der Waals surface area contributed by atoms with E-state index in [2.05, 4.69) is 4.98 Å². The maximum atomic E-state index is 13.6. The zero-order chi connectivity index (χ0) is 23.3. The molecule has 0 aliphatic carbocycles. The van der Waals surface area contributed by atoms with E-state index in [1.54, 1.807) is 42.5 Å². The first-order chi connectivity index (χ1) is 15.7. The summed E-state index contributed by atoms with van der Waals surface area (Å²) in [6.07, 6.45) is -3.24. The summed E-state index contributed by atoms with van der Waals surface area (Å²) in [6, 6.07) is 17.5. The average Bonchev–Trinajstić information content (AvgIpc) is 2.79. The Hall–Kier alpha value is -4.27. The van der Waals surface area contributed by atoms with E-state index in [0.717, 1.165) is 16.3 Å². The van der Waals surface area contributed by atoms with Crippen LogP contribution < -0.4 is 21.8 Å². The Morgan fingerprint density at radius 3 is 2.55 bits per heavy atom. The number of nitrogens with zero attached hydrogens (tertiary/aromatic N) is 2. The topological polar surface area (TPSA) is 103 Å². The number of halogens is 3. The predicted molar refractivity (Wildman–Crippen MR) is 117 cm³/mol. The van der Waals surface area contributed by atoms with E-state index >= 15 is 0 Å². The number of anilines is 1. The van der Waals surface area contributed by atoms with Gasteiger partial charge in [0, 0.05) is 17.2 Å². The summed E-state index contributed by atoms with van der Waals surface area (Å²) in [6.45, 7) is 0. The van der Waals surface area contributed by atoms with Crippen LogP contribution in [0.5, 0.6) is 11.6 Å². The highest BCUT2D eigenvalue weighted by Gasteiger charge is 2.35. The molecule has 33 heavy (non-hydrogen) atoms. The number of nitrogen functional groups attached to an aromatic ring is 2. The Balaban J connectivity index is 1.73. The van der Waals surface area contributed by atoms with Crippen molar-refractivity contribution < 1.29 is 17.9 Å². The summed E-state index contributed by atoms with van der Waals surface area (Å²) in [5.74, 6) is 5.90. The normalized spacial score (nSPS) is 14.8. The SMILES string of the molecule is N=c1c2c(ncn1N)Oc1cc(-c3ccccc3C(F)(F)F)ccc1C2c1cccc(N)c1. The van der Waals surface area contributed by atoms with Gasteiger partial charge in [-0.25, -0.2) is 9.66 Å². The van der Waals surface area contributed by atoms with Crippen molar-refractivity contribution in [1.29, 1.82) is 5.41 Å². The monoisotopic (exact) mass is 449 g/mol. The van der Waals surface area contributed by atoms with Gasteiger partial charge < -0.3 is 16.3 Å². The van der Waals surface area contributed by atoms with Crippen molar-refractivity contribution in [3.63, 3.8) is 0 Å². The molecule has 4 aromatic rings. The quantitative estimate of drug-likeness (QED) is 0.270.